The zero-order chi connectivity index (χ0) is 24.5. The van der Waals surface area contributed by atoms with Crippen LogP contribution in [0.3, 0.4) is 0 Å². The molecule has 0 aliphatic heterocycles. The standard InChI is InChI=1S/C25H21IN4O4/c1-16(31)29-21-9-7-18(8-10-21)25(32)30-28-14-17-11-22(26)24(23(12-17)33-2)34-15-20-6-4-3-5-19(20)13-27/h3-12,14H,15H2,1-2H3,(H,29,31)(H,30,32)/b28-14-. The number of nitrogens with zero attached hydrogens (tertiary/aromatic N) is 2. The third-order valence-corrected chi connectivity index (χ3v) is 5.41. The molecule has 0 atom stereocenters. The van der Waals surface area contributed by atoms with E-state index in [2.05, 4.69) is 44.5 Å². The van der Waals surface area contributed by atoms with Gasteiger partial charge in [-0.1, -0.05) is 18.2 Å². The van der Waals surface area contributed by atoms with Crippen LogP contribution in [0.5, 0.6) is 11.5 Å². The summed E-state index contributed by atoms with van der Waals surface area (Å²) in [7, 11) is 1.54. The number of carbonyl (C=O) groups excluding carboxylic acids is 2. The van der Waals surface area contributed by atoms with Gasteiger partial charge in [0.2, 0.25) is 5.91 Å². The van der Waals surface area contributed by atoms with Crippen LogP contribution in [0.25, 0.3) is 0 Å². The third-order valence-electron chi connectivity index (χ3n) is 4.61. The van der Waals surface area contributed by atoms with Gasteiger partial charge in [0.1, 0.15) is 6.61 Å². The summed E-state index contributed by atoms with van der Waals surface area (Å²) < 4.78 is 12.2. The summed E-state index contributed by atoms with van der Waals surface area (Å²) in [6, 6.07) is 19.5. The van der Waals surface area contributed by atoms with Crippen molar-refractivity contribution in [3.05, 3.63) is 86.5 Å². The Balaban J connectivity index is 1.67. The summed E-state index contributed by atoms with van der Waals surface area (Å²) in [4.78, 5) is 23.4. The Labute approximate surface area is 210 Å². The fraction of sp³-hybridized carbons (Fsp3) is 0.120. The Morgan fingerprint density at radius 2 is 1.88 bits per heavy atom. The van der Waals surface area contributed by atoms with Gasteiger partial charge in [-0.2, -0.15) is 10.4 Å². The smallest absolute Gasteiger partial charge is 0.271 e. The molecular formula is C25H21IN4O4. The number of rotatable bonds is 8. The lowest BCUT2D eigenvalue weighted by molar-refractivity contribution is -0.114. The Morgan fingerprint density at radius 1 is 1.15 bits per heavy atom. The molecule has 172 valence electrons. The molecule has 0 aromatic heterocycles. The number of halogens is 1. The summed E-state index contributed by atoms with van der Waals surface area (Å²) in [5, 5.41) is 15.9. The average molecular weight is 568 g/mol. The first-order valence-corrected chi connectivity index (χ1v) is 11.2. The van der Waals surface area contributed by atoms with Gasteiger partial charge in [0.25, 0.3) is 5.91 Å². The largest absolute Gasteiger partial charge is 0.493 e. The number of hydrogen-bond donors (Lipinski definition) is 2. The molecule has 2 amide bonds. The van der Waals surface area contributed by atoms with Crippen molar-refractivity contribution in [2.24, 2.45) is 5.10 Å². The molecule has 0 aliphatic rings. The van der Waals surface area contributed by atoms with Gasteiger partial charge in [0.05, 0.1) is 28.5 Å². The van der Waals surface area contributed by atoms with Gasteiger partial charge in [-0.15, -0.1) is 0 Å². The van der Waals surface area contributed by atoms with Crippen molar-refractivity contribution in [1.82, 2.24) is 5.43 Å². The fourth-order valence-corrected chi connectivity index (χ4v) is 3.78. The Kier molecular flexibility index (Phi) is 8.59. The molecule has 0 bridgehead atoms. The lowest BCUT2D eigenvalue weighted by Gasteiger charge is -2.14. The van der Waals surface area contributed by atoms with Crippen molar-refractivity contribution >= 4 is 46.3 Å². The van der Waals surface area contributed by atoms with Crippen molar-refractivity contribution in [3.63, 3.8) is 0 Å². The normalized spacial score (nSPS) is 10.4. The number of amides is 2. The van der Waals surface area contributed by atoms with Crippen molar-refractivity contribution in [2.45, 2.75) is 13.5 Å². The second-order valence-corrected chi connectivity index (χ2v) is 8.21. The van der Waals surface area contributed by atoms with E-state index >= 15 is 0 Å². The van der Waals surface area contributed by atoms with Gasteiger partial charge in [0, 0.05) is 23.7 Å². The van der Waals surface area contributed by atoms with E-state index in [9.17, 15) is 14.9 Å². The SMILES string of the molecule is COc1cc(/C=N\NC(=O)c2ccc(NC(C)=O)cc2)cc(I)c1OCc1ccccc1C#N. The van der Waals surface area contributed by atoms with Gasteiger partial charge in [-0.05, 0) is 70.6 Å². The van der Waals surface area contributed by atoms with E-state index < -0.39 is 0 Å². The van der Waals surface area contributed by atoms with Crippen molar-refractivity contribution < 1.29 is 19.1 Å². The van der Waals surface area contributed by atoms with E-state index in [-0.39, 0.29) is 18.4 Å². The molecule has 34 heavy (non-hydrogen) atoms. The molecule has 0 saturated carbocycles. The number of nitrogens with one attached hydrogen (secondary N) is 2. The molecule has 3 aromatic carbocycles. The molecule has 2 N–H and O–H groups in total. The van der Waals surface area contributed by atoms with Gasteiger partial charge >= 0.3 is 0 Å². The lowest BCUT2D eigenvalue weighted by atomic mass is 10.1. The molecule has 8 nitrogen and oxygen atoms in total. The second-order valence-electron chi connectivity index (χ2n) is 7.05. The summed E-state index contributed by atoms with van der Waals surface area (Å²) in [6.07, 6.45) is 1.50. The van der Waals surface area contributed by atoms with Crippen LogP contribution in [0.4, 0.5) is 5.69 Å². The number of hydrazone groups is 1. The molecule has 3 aromatic rings. The molecule has 0 spiro atoms. The topological polar surface area (TPSA) is 113 Å². The predicted octanol–water partition coefficient (Wildman–Crippen LogP) is 4.47. The predicted molar refractivity (Wildman–Crippen MR) is 137 cm³/mol. The van der Waals surface area contributed by atoms with E-state index in [1.165, 1.54) is 20.2 Å². The van der Waals surface area contributed by atoms with Gasteiger partial charge < -0.3 is 14.8 Å². The summed E-state index contributed by atoms with van der Waals surface area (Å²) in [5.41, 5.74) is 5.52. The van der Waals surface area contributed by atoms with Crippen LogP contribution in [0.2, 0.25) is 0 Å². The second kappa shape index (κ2) is 11.8. The van der Waals surface area contributed by atoms with Gasteiger partial charge in [0.15, 0.2) is 11.5 Å². The number of carbonyl (C=O) groups is 2. The minimum atomic E-state index is -0.386. The molecule has 0 saturated heterocycles. The van der Waals surface area contributed by atoms with Crippen LogP contribution >= 0.6 is 22.6 Å². The minimum absolute atomic E-state index is 0.185. The number of methoxy groups -OCH3 is 1. The molecule has 0 aliphatic carbocycles. The van der Waals surface area contributed by atoms with Crippen LogP contribution in [0.1, 0.15) is 34.0 Å². The van der Waals surface area contributed by atoms with Gasteiger partial charge in [-0.25, -0.2) is 5.43 Å². The minimum Gasteiger partial charge on any atom is -0.493 e. The number of benzene rings is 3. The zero-order valence-corrected chi connectivity index (χ0v) is 20.6. The maximum Gasteiger partial charge on any atom is 0.271 e. The molecule has 0 fully saturated rings. The van der Waals surface area contributed by atoms with Crippen molar-refractivity contribution in [2.75, 3.05) is 12.4 Å². The fourth-order valence-electron chi connectivity index (χ4n) is 3.00. The van der Waals surface area contributed by atoms with Crippen LogP contribution in [0, 0.1) is 14.9 Å². The van der Waals surface area contributed by atoms with Crippen LogP contribution < -0.4 is 20.2 Å². The van der Waals surface area contributed by atoms with Crippen LogP contribution in [-0.2, 0) is 11.4 Å². The summed E-state index contributed by atoms with van der Waals surface area (Å²) in [6.45, 7) is 1.64. The van der Waals surface area contributed by atoms with E-state index in [1.54, 1.807) is 42.5 Å². The average Bonchev–Trinajstić information content (AvgIpc) is 2.83. The highest BCUT2D eigenvalue weighted by atomic mass is 127. The maximum atomic E-state index is 12.3. The molecular weight excluding hydrogens is 547 g/mol. The Morgan fingerprint density at radius 3 is 2.56 bits per heavy atom. The summed E-state index contributed by atoms with van der Waals surface area (Å²) >= 11 is 2.13. The number of hydrogen-bond acceptors (Lipinski definition) is 6. The summed E-state index contributed by atoms with van der Waals surface area (Å²) in [5.74, 6) is 0.484. The van der Waals surface area contributed by atoms with Crippen LogP contribution in [-0.4, -0.2) is 25.1 Å². The highest BCUT2D eigenvalue weighted by molar-refractivity contribution is 14.1. The molecule has 3 rings (SSSR count). The molecule has 0 radical (unpaired) electrons. The Bertz CT molecular complexity index is 1270. The highest BCUT2D eigenvalue weighted by Crippen LogP contribution is 2.34. The van der Waals surface area contributed by atoms with E-state index in [4.69, 9.17) is 9.47 Å². The Hall–Kier alpha value is -3.91. The first kappa shape index (κ1) is 24.7. The van der Waals surface area contributed by atoms with E-state index in [1.807, 2.05) is 18.2 Å². The number of anilines is 1. The number of nitriles is 1. The third kappa shape index (κ3) is 6.55. The first-order chi connectivity index (χ1) is 16.4. The first-order valence-electron chi connectivity index (χ1n) is 10.1. The number of ether oxygens (including phenoxy) is 2. The van der Waals surface area contributed by atoms with Crippen LogP contribution in [0.15, 0.2) is 65.8 Å². The monoisotopic (exact) mass is 568 g/mol. The van der Waals surface area contributed by atoms with Crippen molar-refractivity contribution in [3.8, 4) is 17.6 Å². The molecule has 9 heteroatoms. The highest BCUT2D eigenvalue weighted by Gasteiger charge is 2.13. The molecule has 0 heterocycles. The van der Waals surface area contributed by atoms with E-state index in [0.29, 0.717) is 33.9 Å². The van der Waals surface area contributed by atoms with Gasteiger partial charge in [-0.3, -0.25) is 9.59 Å². The molecule has 0 unspecified atom stereocenters. The van der Waals surface area contributed by atoms with Crippen molar-refractivity contribution in [1.29, 1.82) is 5.26 Å². The lowest BCUT2D eigenvalue weighted by Crippen LogP contribution is -2.17. The zero-order valence-electron chi connectivity index (χ0n) is 18.5. The van der Waals surface area contributed by atoms with E-state index in [0.717, 1.165) is 9.13 Å². The maximum absolute atomic E-state index is 12.3. The quantitative estimate of drug-likeness (QED) is 0.237.